The normalized spacial score (nSPS) is 11.0. The number of rotatable bonds is 6. The number of nitro benzene ring substituents is 1. The van der Waals surface area contributed by atoms with Crippen molar-refractivity contribution in [2.24, 2.45) is 0 Å². The molecular weight excluding hydrogens is 284 g/mol. The van der Waals surface area contributed by atoms with Gasteiger partial charge in [-0.2, -0.15) is 0 Å². The van der Waals surface area contributed by atoms with Crippen molar-refractivity contribution in [1.82, 2.24) is 5.32 Å². The number of ether oxygens (including phenoxy) is 1. The van der Waals surface area contributed by atoms with Crippen LogP contribution < -0.4 is 10.1 Å². The highest BCUT2D eigenvalue weighted by Gasteiger charge is 2.20. The average Bonchev–Trinajstić information content (AvgIpc) is 2.36. The average molecular weight is 301 g/mol. The molecule has 0 saturated heterocycles. The van der Waals surface area contributed by atoms with Crippen molar-refractivity contribution in [2.75, 3.05) is 6.61 Å². The fourth-order valence-electron chi connectivity index (χ4n) is 1.40. The van der Waals surface area contributed by atoms with Crippen molar-refractivity contribution in [3.05, 3.63) is 33.3 Å². The quantitative estimate of drug-likeness (QED) is 0.647. The summed E-state index contributed by atoms with van der Waals surface area (Å²) in [5.41, 5.74) is -0.605. The van der Waals surface area contributed by atoms with Crippen molar-refractivity contribution in [2.45, 2.75) is 32.7 Å². The van der Waals surface area contributed by atoms with E-state index in [2.05, 4.69) is 5.32 Å². The molecule has 0 aromatic heterocycles. The number of nitro groups is 1. The van der Waals surface area contributed by atoms with Crippen molar-refractivity contribution in [3.8, 4) is 5.75 Å². The Labute approximate surface area is 122 Å². The van der Waals surface area contributed by atoms with Crippen LogP contribution in [-0.2, 0) is 4.79 Å². The molecule has 0 heterocycles. The standard InChI is InChI=1S/C13H17ClN2O4/c1-4-13(2,3)15-12(17)8-20-11-6-5-9(14)7-10(11)16(18)19/h5-7H,4,8H2,1-3H3,(H,15,17). The maximum absolute atomic E-state index is 11.7. The summed E-state index contributed by atoms with van der Waals surface area (Å²) in [7, 11) is 0. The Morgan fingerprint density at radius 3 is 2.70 bits per heavy atom. The first-order chi connectivity index (χ1) is 9.25. The number of nitrogens with one attached hydrogen (secondary N) is 1. The van der Waals surface area contributed by atoms with E-state index in [1.165, 1.54) is 18.2 Å². The number of hydrogen-bond donors (Lipinski definition) is 1. The van der Waals surface area contributed by atoms with E-state index in [-0.39, 0.29) is 34.5 Å². The molecule has 1 N–H and O–H groups in total. The number of carbonyl (C=O) groups excluding carboxylic acids is 1. The van der Waals surface area contributed by atoms with Crippen LogP contribution in [0, 0.1) is 10.1 Å². The highest BCUT2D eigenvalue weighted by molar-refractivity contribution is 6.30. The third kappa shape index (κ3) is 4.70. The topological polar surface area (TPSA) is 81.5 Å². The molecule has 0 saturated carbocycles. The fraction of sp³-hybridized carbons (Fsp3) is 0.462. The lowest BCUT2D eigenvalue weighted by atomic mass is 10.0. The first-order valence-electron chi connectivity index (χ1n) is 6.13. The van der Waals surface area contributed by atoms with E-state index in [0.29, 0.717) is 0 Å². The van der Waals surface area contributed by atoms with Gasteiger partial charge in [-0.15, -0.1) is 0 Å². The maximum atomic E-state index is 11.7. The van der Waals surface area contributed by atoms with Gasteiger partial charge in [0.05, 0.1) is 4.92 Å². The highest BCUT2D eigenvalue weighted by atomic mass is 35.5. The van der Waals surface area contributed by atoms with Crippen LogP contribution >= 0.6 is 11.6 Å². The predicted octanol–water partition coefficient (Wildman–Crippen LogP) is 2.93. The number of nitrogens with zero attached hydrogens (tertiary/aromatic N) is 1. The first kappa shape index (κ1) is 16.2. The minimum Gasteiger partial charge on any atom is -0.477 e. The van der Waals surface area contributed by atoms with Gasteiger partial charge in [-0.25, -0.2) is 0 Å². The lowest BCUT2D eigenvalue weighted by molar-refractivity contribution is -0.385. The number of carbonyl (C=O) groups is 1. The van der Waals surface area contributed by atoms with Crippen LogP contribution in [-0.4, -0.2) is 23.0 Å². The van der Waals surface area contributed by atoms with E-state index >= 15 is 0 Å². The van der Waals surface area contributed by atoms with Crippen LogP contribution in [0.1, 0.15) is 27.2 Å². The van der Waals surface area contributed by atoms with Gasteiger partial charge in [0.15, 0.2) is 12.4 Å². The molecule has 0 aliphatic carbocycles. The van der Waals surface area contributed by atoms with E-state index in [4.69, 9.17) is 16.3 Å². The second-order valence-corrected chi connectivity index (χ2v) is 5.38. The van der Waals surface area contributed by atoms with Crippen LogP contribution in [0.5, 0.6) is 5.75 Å². The molecule has 110 valence electrons. The molecule has 20 heavy (non-hydrogen) atoms. The number of amides is 1. The summed E-state index contributed by atoms with van der Waals surface area (Å²) in [6, 6.07) is 4.03. The minimum absolute atomic E-state index is 0.0175. The molecule has 0 aliphatic rings. The third-order valence-electron chi connectivity index (χ3n) is 2.84. The van der Waals surface area contributed by atoms with E-state index in [1.54, 1.807) is 0 Å². The Bertz CT molecular complexity index is 517. The van der Waals surface area contributed by atoms with Gasteiger partial charge in [-0.1, -0.05) is 18.5 Å². The van der Waals surface area contributed by atoms with E-state index < -0.39 is 4.92 Å². The molecule has 0 atom stereocenters. The second-order valence-electron chi connectivity index (χ2n) is 4.94. The molecule has 1 rings (SSSR count). The zero-order valence-corrected chi connectivity index (χ0v) is 12.4. The van der Waals surface area contributed by atoms with Gasteiger partial charge in [0.1, 0.15) is 0 Å². The van der Waals surface area contributed by atoms with E-state index in [9.17, 15) is 14.9 Å². The van der Waals surface area contributed by atoms with Gasteiger partial charge in [0.2, 0.25) is 0 Å². The molecule has 0 radical (unpaired) electrons. The second kappa shape index (κ2) is 6.56. The zero-order chi connectivity index (χ0) is 15.3. The Balaban J connectivity index is 2.71. The minimum atomic E-state index is -0.602. The summed E-state index contributed by atoms with van der Waals surface area (Å²) in [5.74, 6) is -0.315. The summed E-state index contributed by atoms with van der Waals surface area (Å²) in [6.07, 6.45) is 0.764. The lowest BCUT2D eigenvalue weighted by Crippen LogP contribution is -2.44. The molecule has 7 heteroatoms. The summed E-state index contributed by atoms with van der Waals surface area (Å²) in [5, 5.41) is 13.9. The Hall–Kier alpha value is -1.82. The molecule has 1 aromatic rings. The summed E-state index contributed by atoms with van der Waals surface area (Å²) >= 11 is 5.69. The lowest BCUT2D eigenvalue weighted by Gasteiger charge is -2.24. The van der Waals surface area contributed by atoms with Gasteiger partial charge in [-0.05, 0) is 32.4 Å². The van der Waals surface area contributed by atoms with E-state index in [0.717, 1.165) is 6.42 Å². The van der Waals surface area contributed by atoms with Crippen LogP contribution in [0.3, 0.4) is 0 Å². The summed E-state index contributed by atoms with van der Waals surface area (Å²) in [6.45, 7) is 5.43. The molecule has 0 aliphatic heterocycles. The predicted molar refractivity (Wildman–Crippen MR) is 76.1 cm³/mol. The van der Waals surface area contributed by atoms with Crippen LogP contribution in [0.15, 0.2) is 18.2 Å². The number of halogens is 1. The fourth-order valence-corrected chi connectivity index (χ4v) is 1.57. The maximum Gasteiger partial charge on any atom is 0.312 e. The molecular formula is C13H17ClN2O4. The Morgan fingerprint density at radius 2 is 2.15 bits per heavy atom. The monoisotopic (exact) mass is 300 g/mol. The largest absolute Gasteiger partial charge is 0.477 e. The third-order valence-corrected chi connectivity index (χ3v) is 3.07. The first-order valence-corrected chi connectivity index (χ1v) is 6.50. The molecule has 1 aromatic carbocycles. The molecule has 0 fully saturated rings. The molecule has 6 nitrogen and oxygen atoms in total. The van der Waals surface area contributed by atoms with Gasteiger partial charge in [0.25, 0.3) is 5.91 Å². The van der Waals surface area contributed by atoms with Crippen molar-refractivity contribution < 1.29 is 14.5 Å². The molecule has 0 bridgehead atoms. The van der Waals surface area contributed by atoms with Crippen LogP contribution in [0.2, 0.25) is 5.02 Å². The van der Waals surface area contributed by atoms with Gasteiger partial charge in [-0.3, -0.25) is 14.9 Å². The van der Waals surface area contributed by atoms with Crippen molar-refractivity contribution >= 4 is 23.2 Å². The molecule has 0 unspecified atom stereocenters. The highest BCUT2D eigenvalue weighted by Crippen LogP contribution is 2.29. The Morgan fingerprint density at radius 1 is 1.50 bits per heavy atom. The zero-order valence-electron chi connectivity index (χ0n) is 11.6. The Kier molecular flexibility index (Phi) is 5.33. The van der Waals surface area contributed by atoms with E-state index in [1.807, 2.05) is 20.8 Å². The van der Waals surface area contributed by atoms with Gasteiger partial charge < -0.3 is 10.1 Å². The van der Waals surface area contributed by atoms with Gasteiger partial charge in [0, 0.05) is 16.6 Å². The smallest absolute Gasteiger partial charge is 0.312 e. The number of hydrogen-bond acceptors (Lipinski definition) is 4. The molecule has 0 spiro atoms. The van der Waals surface area contributed by atoms with Gasteiger partial charge >= 0.3 is 5.69 Å². The summed E-state index contributed by atoms with van der Waals surface area (Å²) < 4.78 is 5.19. The van der Waals surface area contributed by atoms with Crippen molar-refractivity contribution in [3.63, 3.8) is 0 Å². The number of benzene rings is 1. The summed E-state index contributed by atoms with van der Waals surface area (Å²) in [4.78, 5) is 22.0. The molecule has 1 amide bonds. The van der Waals surface area contributed by atoms with Crippen LogP contribution in [0.25, 0.3) is 0 Å². The SMILES string of the molecule is CCC(C)(C)NC(=O)COc1ccc(Cl)cc1[N+](=O)[O-]. The van der Waals surface area contributed by atoms with Crippen LogP contribution in [0.4, 0.5) is 5.69 Å². The van der Waals surface area contributed by atoms with Crippen molar-refractivity contribution in [1.29, 1.82) is 0 Å².